The summed E-state index contributed by atoms with van der Waals surface area (Å²) in [6.07, 6.45) is 1.63. The average Bonchev–Trinajstić information content (AvgIpc) is 2.81. The number of carbonyl (C=O) groups is 2. The van der Waals surface area contributed by atoms with Crippen LogP contribution in [-0.4, -0.2) is 39.1 Å². The number of thiol groups is 1. The zero-order valence-corrected chi connectivity index (χ0v) is 18.3. The first-order valence-corrected chi connectivity index (χ1v) is 10.8. The van der Waals surface area contributed by atoms with Gasteiger partial charge in [-0.25, -0.2) is 8.78 Å². The largest absolute Gasteiger partial charge is 0.390 e. The number of rotatable bonds is 1. The molecule has 0 aromatic heterocycles. The van der Waals surface area contributed by atoms with Crippen molar-refractivity contribution < 1.29 is 23.5 Å². The number of hydrogen-bond acceptors (Lipinski definition) is 3. The van der Waals surface area contributed by atoms with Crippen molar-refractivity contribution in [3.8, 4) is 0 Å². The molecule has 3 unspecified atom stereocenters. The van der Waals surface area contributed by atoms with Crippen LogP contribution in [0.5, 0.6) is 0 Å². The van der Waals surface area contributed by atoms with E-state index in [9.17, 15) is 14.7 Å². The van der Waals surface area contributed by atoms with Crippen molar-refractivity contribution in [1.82, 2.24) is 0 Å². The highest BCUT2D eigenvalue weighted by Gasteiger charge is 2.75. The van der Waals surface area contributed by atoms with Crippen molar-refractivity contribution in [2.45, 2.75) is 63.1 Å². The Bertz CT molecular complexity index is 830. The summed E-state index contributed by atoms with van der Waals surface area (Å²) in [4.78, 5) is 24.3. The Balaban J connectivity index is 1.88. The number of carbonyl (C=O) groups excluding carboxylic acids is 2. The molecule has 0 aliphatic heterocycles. The molecule has 0 aromatic carbocycles. The lowest BCUT2D eigenvalue weighted by molar-refractivity contribution is -0.199. The highest BCUT2D eigenvalue weighted by atomic mass is 32.1. The summed E-state index contributed by atoms with van der Waals surface area (Å²) >= 11 is 4.13. The van der Waals surface area contributed by atoms with Crippen molar-refractivity contribution in [3.05, 3.63) is 23.8 Å². The van der Waals surface area contributed by atoms with Crippen LogP contribution in [0, 0.1) is 28.6 Å². The van der Waals surface area contributed by atoms with Gasteiger partial charge in [0.05, 0.1) is 11.3 Å². The Morgan fingerprint density at radius 1 is 1.32 bits per heavy atom. The lowest BCUT2D eigenvalue weighted by atomic mass is 9.45. The highest BCUT2D eigenvalue weighted by molar-refractivity contribution is 7.97. The van der Waals surface area contributed by atoms with Crippen molar-refractivity contribution in [2.24, 2.45) is 28.6 Å². The summed E-state index contributed by atoms with van der Waals surface area (Å²) in [5.74, 6) is -1.47. The molecule has 0 bridgehead atoms. The number of ketones is 1. The lowest BCUT2D eigenvalue weighted by Crippen LogP contribution is -2.69. The van der Waals surface area contributed by atoms with E-state index < -0.39 is 39.8 Å². The first-order valence-electron chi connectivity index (χ1n) is 9.82. The maximum atomic E-state index is 16.9. The smallest absolute Gasteiger partial charge is 0.196 e. The molecule has 7 heteroatoms. The van der Waals surface area contributed by atoms with Crippen LogP contribution in [-0.2, 0) is 9.59 Å². The number of aliphatic hydroxyl groups excluding tert-OH is 1. The maximum absolute atomic E-state index is 16.9. The number of fused-ring (bicyclic) bond motifs is 5. The summed E-state index contributed by atoms with van der Waals surface area (Å²) in [6.45, 7) is 5.44. The van der Waals surface area contributed by atoms with E-state index in [0.29, 0.717) is 6.42 Å². The second-order valence-electron chi connectivity index (χ2n) is 9.67. The molecule has 1 N–H and O–H groups in total. The molecule has 0 aromatic rings. The molecule has 4 rings (SSSR count). The molecule has 10 atom stereocenters. The molecule has 28 heavy (non-hydrogen) atoms. The fraction of sp³-hybridized carbons (Fsp3) is 0.714. The average molecular weight is 428 g/mol. The standard InChI is InChI=1S/C21H27F2O3PS/c1-10-6-12-13-8-15(22)14-7-11(24)4-5-18(14,2)20(13,23)16(25)9-19(12,3)21(10,27)17(26)28/h4-5,7,10,12-13,15-16,25H,6,8-9,27H2,1-3H3,(H,26,28)/t10-,12?,13?,15+,16+,18+,19+,20+,21+/m1/s1. The molecule has 0 heterocycles. The normalized spacial score (nSPS) is 55.2. The number of hydrogen-bond donors (Lipinski definition) is 2. The topological polar surface area (TPSA) is 54.4 Å². The molecule has 154 valence electrons. The highest BCUT2D eigenvalue weighted by Crippen LogP contribution is 2.72. The van der Waals surface area contributed by atoms with Crippen LogP contribution in [0.1, 0.15) is 40.0 Å². The minimum atomic E-state index is -2.10. The third-order valence-electron chi connectivity index (χ3n) is 8.70. The van der Waals surface area contributed by atoms with E-state index in [-0.39, 0.29) is 41.1 Å². The molecule has 3 fully saturated rings. The van der Waals surface area contributed by atoms with Crippen LogP contribution in [0.2, 0.25) is 0 Å². The second-order valence-corrected chi connectivity index (χ2v) is 11.0. The summed E-state index contributed by atoms with van der Waals surface area (Å²) in [7, 11) is 2.64. The molecule has 0 amide bonds. The molecule has 0 saturated heterocycles. The van der Waals surface area contributed by atoms with E-state index >= 15 is 8.78 Å². The Morgan fingerprint density at radius 3 is 2.57 bits per heavy atom. The van der Waals surface area contributed by atoms with Gasteiger partial charge in [0.25, 0.3) is 0 Å². The summed E-state index contributed by atoms with van der Waals surface area (Å²) < 4.78 is 32.1. The van der Waals surface area contributed by atoms with Crippen molar-refractivity contribution in [3.63, 3.8) is 0 Å². The fourth-order valence-corrected chi connectivity index (χ4v) is 7.99. The molecule has 0 radical (unpaired) electrons. The molecular formula is C21H27F2O3PS. The van der Waals surface area contributed by atoms with Crippen molar-refractivity contribution in [2.75, 3.05) is 0 Å². The molecule has 3 nitrogen and oxygen atoms in total. The fourth-order valence-electron chi connectivity index (χ4n) is 7.05. The molecule has 4 aliphatic carbocycles. The monoisotopic (exact) mass is 428 g/mol. The Morgan fingerprint density at radius 2 is 1.96 bits per heavy atom. The van der Waals surface area contributed by atoms with Gasteiger partial charge in [-0.15, -0.1) is 21.9 Å². The number of allylic oxidation sites excluding steroid dienone is 4. The summed E-state index contributed by atoms with van der Waals surface area (Å²) in [5, 5.41) is 9.95. The predicted molar refractivity (Wildman–Crippen MR) is 110 cm³/mol. The van der Waals surface area contributed by atoms with Crippen LogP contribution in [0.25, 0.3) is 0 Å². The predicted octanol–water partition coefficient (Wildman–Crippen LogP) is 3.62. The first kappa shape index (κ1) is 20.7. The van der Waals surface area contributed by atoms with Gasteiger partial charge in [-0.1, -0.05) is 19.9 Å². The van der Waals surface area contributed by atoms with E-state index in [1.807, 2.05) is 13.8 Å². The first-order chi connectivity index (χ1) is 12.8. The number of halogens is 2. The Labute approximate surface area is 172 Å². The summed E-state index contributed by atoms with van der Waals surface area (Å²) in [6, 6.07) is 0. The molecular weight excluding hydrogens is 401 g/mol. The maximum Gasteiger partial charge on any atom is 0.196 e. The molecule has 3 saturated carbocycles. The van der Waals surface area contributed by atoms with Gasteiger partial charge in [-0.2, -0.15) is 0 Å². The van der Waals surface area contributed by atoms with Gasteiger partial charge in [-0.05, 0) is 61.2 Å². The van der Waals surface area contributed by atoms with Gasteiger partial charge >= 0.3 is 0 Å². The zero-order chi connectivity index (χ0) is 20.9. The zero-order valence-electron chi connectivity index (χ0n) is 16.3. The number of aliphatic hydroxyl groups is 1. The van der Waals surface area contributed by atoms with Crippen molar-refractivity contribution >= 4 is 32.8 Å². The molecule has 0 spiro atoms. The van der Waals surface area contributed by atoms with E-state index in [2.05, 4.69) is 21.9 Å². The van der Waals surface area contributed by atoms with Gasteiger partial charge < -0.3 is 5.11 Å². The van der Waals surface area contributed by atoms with E-state index in [1.54, 1.807) is 6.92 Å². The summed E-state index contributed by atoms with van der Waals surface area (Å²) in [5.41, 5.74) is -4.07. The van der Waals surface area contributed by atoms with Gasteiger partial charge in [0.15, 0.2) is 16.6 Å². The van der Waals surface area contributed by atoms with Gasteiger partial charge in [0.2, 0.25) is 0 Å². The van der Waals surface area contributed by atoms with Gasteiger partial charge in [-0.3, -0.25) is 9.59 Å². The molecule has 4 aliphatic rings. The Hall–Kier alpha value is -0.580. The van der Waals surface area contributed by atoms with Gasteiger partial charge in [0, 0.05) is 11.3 Å². The Kier molecular flexibility index (Phi) is 4.42. The quantitative estimate of drug-likeness (QED) is 0.496. The van der Waals surface area contributed by atoms with E-state index in [0.717, 1.165) is 0 Å². The third kappa shape index (κ3) is 2.13. The van der Waals surface area contributed by atoms with Crippen LogP contribution in [0.15, 0.2) is 23.8 Å². The SMILES string of the molecule is C[C@@H]1CC2C3C[C@H](F)C4=CC(=O)C=C[C@]4(C)[C@@]3(F)[C@@H](O)C[C@]2(C)[C@@]1(P)C(=O)S. The van der Waals surface area contributed by atoms with Crippen LogP contribution >= 0.6 is 21.9 Å². The van der Waals surface area contributed by atoms with Crippen molar-refractivity contribution in [1.29, 1.82) is 0 Å². The van der Waals surface area contributed by atoms with Crippen LogP contribution in [0.4, 0.5) is 8.78 Å². The number of alkyl halides is 2. The van der Waals surface area contributed by atoms with Crippen LogP contribution < -0.4 is 0 Å². The van der Waals surface area contributed by atoms with E-state index in [1.165, 1.54) is 18.2 Å². The van der Waals surface area contributed by atoms with E-state index in [4.69, 9.17) is 0 Å². The minimum absolute atomic E-state index is 0.0849. The third-order valence-corrected chi connectivity index (χ3v) is 10.8. The lowest BCUT2D eigenvalue weighted by Gasteiger charge is -2.63. The minimum Gasteiger partial charge on any atom is -0.390 e. The van der Waals surface area contributed by atoms with Gasteiger partial charge in [0.1, 0.15) is 6.17 Å². The second kappa shape index (κ2) is 5.98. The van der Waals surface area contributed by atoms with Crippen LogP contribution in [0.3, 0.4) is 0 Å².